The van der Waals surface area contributed by atoms with Gasteiger partial charge >= 0.3 is 0 Å². The Balaban J connectivity index is 2.06. The fourth-order valence-corrected chi connectivity index (χ4v) is 1.50. The zero-order valence-electron chi connectivity index (χ0n) is 7.01. The molecule has 1 heterocycles. The van der Waals surface area contributed by atoms with Crippen molar-refractivity contribution in [3.05, 3.63) is 48.2 Å². The van der Waals surface area contributed by atoms with Gasteiger partial charge in [0, 0.05) is 6.42 Å². The van der Waals surface area contributed by atoms with E-state index in [0.29, 0.717) is 0 Å². The quantitative estimate of drug-likeness (QED) is 0.529. The summed E-state index contributed by atoms with van der Waals surface area (Å²) >= 11 is 1.12. The molecule has 13 heavy (non-hydrogen) atoms. The third-order valence-electron chi connectivity index (χ3n) is 1.74. The maximum absolute atomic E-state index is 4.89. The molecule has 0 saturated carbocycles. The molecule has 3 heteroatoms. The Bertz CT molecular complexity index is 332. The number of hydrogen-bond donors (Lipinski definition) is 0. The van der Waals surface area contributed by atoms with Gasteiger partial charge in [-0.15, -0.1) is 0 Å². The molecule has 0 atom stereocenters. The summed E-state index contributed by atoms with van der Waals surface area (Å²) in [5.74, 6) is 0. The van der Waals surface area contributed by atoms with Crippen molar-refractivity contribution < 1.29 is 4.18 Å². The molecule has 66 valence electrons. The average Bonchev–Trinajstić information content (AvgIpc) is 2.21. The Morgan fingerprint density at radius 2 is 2.08 bits per heavy atom. The third-order valence-corrected chi connectivity index (χ3v) is 2.25. The first-order valence-electron chi connectivity index (χ1n) is 4.05. The van der Waals surface area contributed by atoms with E-state index < -0.39 is 0 Å². The van der Waals surface area contributed by atoms with Crippen molar-refractivity contribution in [2.75, 3.05) is 0 Å². The molecule has 0 radical (unpaired) electrons. The summed E-state index contributed by atoms with van der Waals surface area (Å²) in [5, 5.41) is 0. The summed E-state index contributed by atoms with van der Waals surface area (Å²) in [6.07, 6.45) is 4.42. The minimum Gasteiger partial charge on any atom is -0.412 e. The van der Waals surface area contributed by atoms with Crippen molar-refractivity contribution >= 4 is 17.9 Å². The van der Waals surface area contributed by atoms with E-state index in [1.54, 1.807) is 6.26 Å². The van der Waals surface area contributed by atoms with Gasteiger partial charge in [-0.25, -0.2) is 0 Å². The van der Waals surface area contributed by atoms with Crippen molar-refractivity contribution in [2.45, 2.75) is 6.42 Å². The van der Waals surface area contributed by atoms with Gasteiger partial charge in [0.05, 0.1) is 5.71 Å². The predicted octanol–water partition coefficient (Wildman–Crippen LogP) is 2.78. The number of nitrogens with zero attached hydrogens (tertiary/aromatic N) is 1. The van der Waals surface area contributed by atoms with Gasteiger partial charge in [0.2, 0.25) is 12.2 Å². The molecule has 1 aliphatic rings. The Hall–Kier alpha value is -1.22. The van der Waals surface area contributed by atoms with E-state index in [1.165, 1.54) is 5.56 Å². The number of hydrogen-bond acceptors (Lipinski definition) is 3. The average molecular weight is 191 g/mol. The van der Waals surface area contributed by atoms with Crippen molar-refractivity contribution in [1.29, 1.82) is 0 Å². The smallest absolute Gasteiger partial charge is 0.201 e. The van der Waals surface area contributed by atoms with E-state index in [0.717, 1.165) is 24.4 Å². The highest BCUT2D eigenvalue weighted by Gasteiger charge is 2.01. The summed E-state index contributed by atoms with van der Waals surface area (Å²) in [6, 6.07) is 10.3. The summed E-state index contributed by atoms with van der Waals surface area (Å²) in [4.78, 5) is 0. The first kappa shape index (κ1) is 8.38. The van der Waals surface area contributed by atoms with Crippen LogP contribution in [0.2, 0.25) is 0 Å². The predicted molar refractivity (Wildman–Crippen MR) is 55.4 cm³/mol. The van der Waals surface area contributed by atoms with Gasteiger partial charge in [-0.1, -0.05) is 30.3 Å². The van der Waals surface area contributed by atoms with Gasteiger partial charge in [-0.3, -0.25) is 0 Å². The van der Waals surface area contributed by atoms with E-state index in [1.807, 2.05) is 24.3 Å². The Morgan fingerprint density at radius 1 is 1.23 bits per heavy atom. The van der Waals surface area contributed by atoms with E-state index in [2.05, 4.69) is 16.5 Å². The van der Waals surface area contributed by atoms with Crippen molar-refractivity contribution in [1.82, 2.24) is 0 Å². The summed E-state index contributed by atoms with van der Waals surface area (Å²) < 4.78 is 9.04. The molecule has 0 saturated heterocycles. The number of benzene rings is 1. The van der Waals surface area contributed by atoms with Crippen LogP contribution in [0.3, 0.4) is 0 Å². The van der Waals surface area contributed by atoms with Crippen LogP contribution in [-0.2, 0) is 10.6 Å². The monoisotopic (exact) mass is 191 g/mol. The van der Waals surface area contributed by atoms with E-state index >= 15 is 0 Å². The second kappa shape index (κ2) is 4.14. The summed E-state index contributed by atoms with van der Waals surface area (Å²) in [6.45, 7) is 0. The van der Waals surface area contributed by atoms with E-state index in [9.17, 15) is 0 Å². The van der Waals surface area contributed by atoms with Gasteiger partial charge in [-0.05, 0) is 11.6 Å². The molecule has 2 rings (SSSR count). The van der Waals surface area contributed by atoms with Gasteiger partial charge in [-0.2, -0.15) is 4.40 Å². The third kappa shape index (κ3) is 2.36. The highest BCUT2D eigenvalue weighted by Crippen LogP contribution is 2.13. The van der Waals surface area contributed by atoms with Crippen LogP contribution in [0.5, 0.6) is 0 Å². The minimum absolute atomic E-state index is 0.869. The van der Waals surface area contributed by atoms with Gasteiger partial charge in [0.25, 0.3) is 0 Å². The fraction of sp³-hybridized carbons (Fsp3) is 0.100. The molecular weight excluding hydrogens is 182 g/mol. The molecule has 0 fully saturated rings. The number of allylic oxidation sites excluding steroid dienone is 1. The molecule has 2 nitrogen and oxygen atoms in total. The molecule has 1 aromatic carbocycles. The Kier molecular flexibility index (Phi) is 2.67. The van der Waals surface area contributed by atoms with Crippen LogP contribution in [0.4, 0.5) is 0 Å². The van der Waals surface area contributed by atoms with Crippen molar-refractivity contribution in [3.8, 4) is 0 Å². The lowest BCUT2D eigenvalue weighted by Crippen LogP contribution is -2.00. The Labute approximate surface area is 81.7 Å². The van der Waals surface area contributed by atoms with Crippen molar-refractivity contribution in [3.63, 3.8) is 0 Å². The molecule has 0 spiro atoms. The number of rotatable bonds is 2. The van der Waals surface area contributed by atoms with Crippen LogP contribution >= 0.6 is 12.2 Å². The van der Waals surface area contributed by atoms with E-state index in [-0.39, 0.29) is 0 Å². The maximum atomic E-state index is 4.89. The van der Waals surface area contributed by atoms with Crippen LogP contribution in [0.15, 0.2) is 47.1 Å². The van der Waals surface area contributed by atoms with Crippen LogP contribution in [0.25, 0.3) is 0 Å². The normalized spacial score (nSPS) is 14.9. The summed E-state index contributed by atoms with van der Waals surface area (Å²) in [7, 11) is 0. The molecule has 0 aromatic heterocycles. The molecule has 1 aromatic rings. The van der Waals surface area contributed by atoms with Crippen LogP contribution in [0, 0.1) is 0 Å². The second-order valence-electron chi connectivity index (χ2n) is 2.72. The van der Waals surface area contributed by atoms with Crippen LogP contribution < -0.4 is 0 Å². The molecule has 0 aliphatic carbocycles. The van der Waals surface area contributed by atoms with Crippen LogP contribution in [-0.4, -0.2) is 5.71 Å². The standard InChI is InChI=1S/C10H9NOS/c1-2-4-9(5-3-1)8-10-6-7-12-13-11-10/h1-7H,8H2. The van der Waals surface area contributed by atoms with E-state index in [4.69, 9.17) is 4.18 Å². The van der Waals surface area contributed by atoms with Gasteiger partial charge < -0.3 is 4.18 Å². The molecule has 0 unspecified atom stereocenters. The van der Waals surface area contributed by atoms with Gasteiger partial charge in [0.15, 0.2) is 0 Å². The maximum Gasteiger partial charge on any atom is 0.201 e. The highest BCUT2D eigenvalue weighted by atomic mass is 32.2. The van der Waals surface area contributed by atoms with Crippen molar-refractivity contribution in [2.24, 2.45) is 4.40 Å². The lowest BCUT2D eigenvalue weighted by atomic mass is 10.1. The highest BCUT2D eigenvalue weighted by molar-refractivity contribution is 7.93. The van der Waals surface area contributed by atoms with Crippen LogP contribution in [0.1, 0.15) is 5.56 Å². The van der Waals surface area contributed by atoms with Gasteiger partial charge in [0.1, 0.15) is 6.26 Å². The topological polar surface area (TPSA) is 21.6 Å². The largest absolute Gasteiger partial charge is 0.412 e. The zero-order valence-corrected chi connectivity index (χ0v) is 7.83. The molecule has 0 N–H and O–H groups in total. The Morgan fingerprint density at radius 3 is 2.77 bits per heavy atom. The lowest BCUT2D eigenvalue weighted by Gasteiger charge is -2.04. The SMILES string of the molecule is C1=CC(Cc2ccccc2)=NSO1. The summed E-state index contributed by atoms with van der Waals surface area (Å²) in [5.41, 5.74) is 2.32. The molecule has 0 amide bonds. The molecule has 0 bridgehead atoms. The minimum atomic E-state index is 0.869. The first-order valence-corrected chi connectivity index (χ1v) is 4.75. The lowest BCUT2D eigenvalue weighted by molar-refractivity contribution is 0.565. The fourth-order valence-electron chi connectivity index (χ4n) is 1.13. The molecular formula is C10H9NOS. The zero-order chi connectivity index (χ0) is 8.93. The second-order valence-corrected chi connectivity index (χ2v) is 3.24. The first-order chi connectivity index (χ1) is 6.45. The molecule has 1 aliphatic heterocycles.